The second-order valence-corrected chi connectivity index (χ2v) is 3.45. The van der Waals surface area contributed by atoms with Gasteiger partial charge in [-0.15, -0.1) is 0 Å². The summed E-state index contributed by atoms with van der Waals surface area (Å²) in [5.74, 6) is 0. The average Bonchev–Trinajstić information content (AvgIpc) is 2.09. The number of nitrogens with zero attached hydrogens (tertiary/aromatic N) is 1. The lowest BCUT2D eigenvalue weighted by atomic mass is 10.1. The van der Waals surface area contributed by atoms with Gasteiger partial charge in [0, 0.05) is 15.6 Å². The first-order valence-electron chi connectivity index (χ1n) is 3.67. The van der Waals surface area contributed by atoms with E-state index in [0.29, 0.717) is 15.6 Å². The minimum Gasteiger partial charge on any atom is -0.193 e. The first kappa shape index (κ1) is 10.1. The highest BCUT2D eigenvalue weighted by Gasteiger charge is 1.98. The molecule has 0 unspecified atom stereocenters. The Labute approximate surface area is 87.2 Å². The second kappa shape index (κ2) is 4.32. The molecule has 3 heteroatoms. The molecule has 0 atom stereocenters. The van der Waals surface area contributed by atoms with E-state index in [-0.39, 0.29) is 0 Å². The van der Waals surface area contributed by atoms with Crippen LogP contribution in [0.15, 0.2) is 23.8 Å². The van der Waals surface area contributed by atoms with Crippen molar-refractivity contribution >= 4 is 29.3 Å². The number of nitriles is 1. The smallest absolute Gasteiger partial charge is 0.0944 e. The largest absolute Gasteiger partial charge is 0.193 e. The Morgan fingerprint density at radius 1 is 1.46 bits per heavy atom. The minimum atomic E-state index is 0.558. The van der Waals surface area contributed by atoms with Gasteiger partial charge in [0.15, 0.2) is 0 Å². The number of benzene rings is 1. The van der Waals surface area contributed by atoms with Crippen molar-refractivity contribution in [1.29, 1.82) is 5.26 Å². The molecule has 0 saturated carbocycles. The van der Waals surface area contributed by atoms with E-state index in [2.05, 4.69) is 0 Å². The summed E-state index contributed by atoms with van der Waals surface area (Å²) in [7, 11) is 0. The first-order valence-corrected chi connectivity index (χ1v) is 4.42. The van der Waals surface area contributed by atoms with Gasteiger partial charge in [0.25, 0.3) is 0 Å². The van der Waals surface area contributed by atoms with E-state index >= 15 is 0 Å². The summed E-state index contributed by atoms with van der Waals surface area (Å²) in [5.41, 5.74) is 1.43. The number of rotatable bonds is 1. The number of hydrogen-bond acceptors (Lipinski definition) is 1. The Bertz CT molecular complexity index is 388. The third kappa shape index (κ3) is 2.77. The summed E-state index contributed by atoms with van der Waals surface area (Å²) in [5, 5.41) is 9.71. The maximum Gasteiger partial charge on any atom is 0.0944 e. The van der Waals surface area contributed by atoms with E-state index in [4.69, 9.17) is 28.5 Å². The van der Waals surface area contributed by atoms with Crippen LogP contribution in [0.2, 0.25) is 10.0 Å². The fourth-order valence-electron chi connectivity index (χ4n) is 0.884. The first-order chi connectivity index (χ1) is 6.13. The molecule has 0 aliphatic rings. The van der Waals surface area contributed by atoms with Gasteiger partial charge in [-0.2, -0.15) is 5.26 Å². The molecule has 66 valence electrons. The third-order valence-corrected chi connectivity index (χ3v) is 2.07. The van der Waals surface area contributed by atoms with Gasteiger partial charge >= 0.3 is 0 Å². The van der Waals surface area contributed by atoms with E-state index in [1.54, 1.807) is 31.2 Å². The van der Waals surface area contributed by atoms with Crippen molar-refractivity contribution in [2.24, 2.45) is 0 Å². The van der Waals surface area contributed by atoms with E-state index in [1.807, 2.05) is 6.07 Å². The highest BCUT2D eigenvalue weighted by atomic mass is 35.5. The molecule has 0 bridgehead atoms. The van der Waals surface area contributed by atoms with Gasteiger partial charge in [0.05, 0.1) is 6.07 Å². The topological polar surface area (TPSA) is 23.8 Å². The molecule has 0 aromatic heterocycles. The molecule has 0 aliphatic heterocycles. The van der Waals surface area contributed by atoms with Gasteiger partial charge < -0.3 is 0 Å². The van der Waals surface area contributed by atoms with Crippen molar-refractivity contribution in [2.45, 2.75) is 6.92 Å². The maximum atomic E-state index is 8.55. The van der Waals surface area contributed by atoms with Gasteiger partial charge in [-0.3, -0.25) is 0 Å². The molecular weight excluding hydrogens is 205 g/mol. The lowest BCUT2D eigenvalue weighted by molar-refractivity contribution is 1.46. The zero-order chi connectivity index (χ0) is 9.84. The molecule has 1 aromatic rings. The second-order valence-electron chi connectivity index (χ2n) is 2.60. The third-order valence-electron chi connectivity index (χ3n) is 1.51. The zero-order valence-electron chi connectivity index (χ0n) is 7.01. The fraction of sp³-hybridized carbons (Fsp3) is 0.100. The number of hydrogen-bond donors (Lipinski definition) is 0. The summed E-state index contributed by atoms with van der Waals surface area (Å²) >= 11 is 11.6. The van der Waals surface area contributed by atoms with Gasteiger partial charge in [-0.05, 0) is 30.7 Å². The van der Waals surface area contributed by atoms with Gasteiger partial charge in [-0.25, -0.2) is 0 Å². The van der Waals surface area contributed by atoms with Crippen molar-refractivity contribution in [3.8, 4) is 6.07 Å². The van der Waals surface area contributed by atoms with Crippen LogP contribution in [0.5, 0.6) is 0 Å². The van der Waals surface area contributed by atoms with Crippen LogP contribution in [0.1, 0.15) is 12.5 Å². The van der Waals surface area contributed by atoms with Crippen LogP contribution in [0, 0.1) is 11.3 Å². The highest BCUT2D eigenvalue weighted by Crippen LogP contribution is 2.22. The molecule has 0 saturated heterocycles. The average molecular weight is 212 g/mol. The summed E-state index contributed by atoms with van der Waals surface area (Å²) in [6.07, 6.45) is 1.72. The molecule has 0 spiro atoms. The van der Waals surface area contributed by atoms with Gasteiger partial charge in [0.2, 0.25) is 0 Å². The quantitative estimate of drug-likeness (QED) is 0.647. The zero-order valence-corrected chi connectivity index (χ0v) is 8.52. The Hall–Kier alpha value is -0.970. The minimum absolute atomic E-state index is 0.558. The molecule has 0 fully saturated rings. The predicted octanol–water partition coefficient (Wildman–Crippen LogP) is 3.92. The normalized spacial score (nSPS) is 11.1. The van der Waals surface area contributed by atoms with Crippen molar-refractivity contribution in [3.63, 3.8) is 0 Å². The molecule has 1 aromatic carbocycles. The monoisotopic (exact) mass is 211 g/mol. The molecule has 1 rings (SSSR count). The lowest BCUT2D eigenvalue weighted by Crippen LogP contribution is -1.76. The van der Waals surface area contributed by atoms with E-state index in [1.165, 1.54) is 0 Å². The van der Waals surface area contributed by atoms with Crippen LogP contribution in [-0.4, -0.2) is 0 Å². The van der Waals surface area contributed by atoms with E-state index in [9.17, 15) is 0 Å². The van der Waals surface area contributed by atoms with Crippen molar-refractivity contribution in [3.05, 3.63) is 39.4 Å². The van der Waals surface area contributed by atoms with Crippen molar-refractivity contribution in [1.82, 2.24) is 0 Å². The Kier molecular flexibility index (Phi) is 3.36. The summed E-state index contributed by atoms with van der Waals surface area (Å²) in [6.45, 7) is 1.73. The molecule has 0 aliphatic carbocycles. The summed E-state index contributed by atoms with van der Waals surface area (Å²) < 4.78 is 0. The van der Waals surface area contributed by atoms with Gasteiger partial charge in [-0.1, -0.05) is 29.3 Å². The van der Waals surface area contributed by atoms with Crippen molar-refractivity contribution in [2.75, 3.05) is 0 Å². The highest BCUT2D eigenvalue weighted by molar-refractivity contribution is 6.35. The lowest BCUT2D eigenvalue weighted by Gasteiger charge is -1.98. The van der Waals surface area contributed by atoms with Crippen LogP contribution in [-0.2, 0) is 0 Å². The van der Waals surface area contributed by atoms with Crippen LogP contribution >= 0.6 is 23.2 Å². The fourth-order valence-corrected chi connectivity index (χ4v) is 1.35. The van der Waals surface area contributed by atoms with Crippen LogP contribution < -0.4 is 0 Å². The molecule has 0 radical (unpaired) electrons. The van der Waals surface area contributed by atoms with Crippen LogP contribution in [0.25, 0.3) is 6.08 Å². The predicted molar refractivity (Wildman–Crippen MR) is 55.7 cm³/mol. The SMILES string of the molecule is C/C(C#N)=C\c1ccc(Cl)cc1Cl. The molecule has 13 heavy (non-hydrogen) atoms. The summed E-state index contributed by atoms with van der Waals surface area (Å²) in [6, 6.07) is 7.20. The molecule has 1 nitrogen and oxygen atoms in total. The van der Waals surface area contributed by atoms with Gasteiger partial charge in [0.1, 0.15) is 0 Å². The van der Waals surface area contributed by atoms with Crippen LogP contribution in [0.4, 0.5) is 0 Å². The molecule has 0 heterocycles. The Balaban J connectivity index is 3.12. The maximum absolute atomic E-state index is 8.55. The Morgan fingerprint density at radius 2 is 2.15 bits per heavy atom. The molecular formula is C10H7Cl2N. The summed E-state index contributed by atoms with van der Waals surface area (Å²) in [4.78, 5) is 0. The standard InChI is InChI=1S/C10H7Cl2N/c1-7(6-13)4-8-2-3-9(11)5-10(8)12/h2-5H,1H3/b7-4+. The number of halogens is 2. The van der Waals surface area contributed by atoms with Crippen molar-refractivity contribution < 1.29 is 0 Å². The number of allylic oxidation sites excluding steroid dienone is 1. The van der Waals surface area contributed by atoms with E-state index in [0.717, 1.165) is 5.56 Å². The van der Waals surface area contributed by atoms with Crippen LogP contribution in [0.3, 0.4) is 0 Å². The molecule has 0 N–H and O–H groups in total. The Morgan fingerprint density at radius 3 is 2.69 bits per heavy atom. The van der Waals surface area contributed by atoms with E-state index < -0.39 is 0 Å². The molecule has 0 amide bonds.